The molecule has 1 unspecified atom stereocenters. The second kappa shape index (κ2) is 18.8. The maximum absolute atomic E-state index is 14.6. The van der Waals surface area contributed by atoms with E-state index in [0.717, 1.165) is 35.3 Å². The molecule has 0 aliphatic carbocycles. The molecule has 0 radical (unpaired) electrons. The first-order valence-corrected chi connectivity index (χ1v) is 19.3. The van der Waals surface area contributed by atoms with Crippen molar-refractivity contribution in [1.29, 1.82) is 0 Å². The van der Waals surface area contributed by atoms with Gasteiger partial charge < -0.3 is 33.9 Å². The number of nitrogens with one attached hydrogen (secondary N) is 1. The highest BCUT2D eigenvalue weighted by Gasteiger charge is 2.39. The number of anilines is 1. The van der Waals surface area contributed by atoms with Crippen LogP contribution in [0.4, 0.5) is 5.69 Å². The van der Waals surface area contributed by atoms with Gasteiger partial charge in [0.05, 0.1) is 49.1 Å². The second-order valence-corrected chi connectivity index (χ2v) is 15.2. The lowest BCUT2D eigenvalue weighted by atomic mass is 9.84. The summed E-state index contributed by atoms with van der Waals surface area (Å²) in [5, 5.41) is 3.44. The van der Waals surface area contributed by atoms with E-state index in [1.807, 2.05) is 45.0 Å². The topological polar surface area (TPSA) is 125 Å². The molecule has 11 nitrogen and oxygen atoms in total. The van der Waals surface area contributed by atoms with E-state index in [-0.39, 0.29) is 29.5 Å². The zero-order valence-electron chi connectivity index (χ0n) is 30.1. The van der Waals surface area contributed by atoms with E-state index in [9.17, 15) is 13.2 Å². The molecule has 51 heavy (non-hydrogen) atoms. The lowest BCUT2D eigenvalue weighted by Crippen LogP contribution is -2.49. The minimum atomic E-state index is -4.02. The average molecular weight is 722 g/mol. The van der Waals surface area contributed by atoms with Crippen LogP contribution in [0.1, 0.15) is 60.3 Å². The van der Waals surface area contributed by atoms with E-state index in [1.54, 1.807) is 43.5 Å². The van der Waals surface area contributed by atoms with Crippen molar-refractivity contribution in [3.8, 4) is 5.75 Å². The zero-order valence-corrected chi connectivity index (χ0v) is 30.9. The molecule has 12 heteroatoms. The Hall–Kier alpha value is -3.61. The Balaban J connectivity index is 1.47. The molecule has 3 aromatic carbocycles. The van der Waals surface area contributed by atoms with E-state index in [2.05, 4.69) is 27.3 Å². The Labute approximate surface area is 302 Å². The first kappa shape index (κ1) is 38.6. The third-order valence-corrected chi connectivity index (χ3v) is 11.2. The van der Waals surface area contributed by atoms with E-state index >= 15 is 0 Å². The second-order valence-electron chi connectivity index (χ2n) is 13.2. The number of nitrogens with zero attached hydrogens (tertiary/aromatic N) is 2. The Morgan fingerprint density at radius 2 is 1.88 bits per heavy atom. The fourth-order valence-electron chi connectivity index (χ4n) is 6.69. The lowest BCUT2D eigenvalue weighted by Gasteiger charge is -2.39. The Morgan fingerprint density at radius 3 is 2.61 bits per heavy atom. The van der Waals surface area contributed by atoms with Gasteiger partial charge in [0.25, 0.3) is 0 Å². The first-order valence-electron chi connectivity index (χ1n) is 17.7. The third kappa shape index (κ3) is 10.3. The predicted octanol–water partition coefficient (Wildman–Crippen LogP) is 5.51. The number of piperidine rings is 1. The molecule has 0 aromatic heterocycles. The quantitative estimate of drug-likeness (QED) is 0.102. The monoisotopic (exact) mass is 721 g/mol. The molecule has 1 saturated heterocycles. The molecule has 2 aliphatic heterocycles. The summed E-state index contributed by atoms with van der Waals surface area (Å²) in [6.45, 7) is 10.7. The number of aliphatic imine (C=N–C) groups is 1. The molecule has 2 heterocycles. The smallest absolute Gasteiger partial charge is 0.234 e. The minimum Gasteiger partial charge on any atom is -0.490 e. The molecule has 0 spiro atoms. The van der Waals surface area contributed by atoms with Crippen LogP contribution in [0.2, 0.25) is 0 Å². The van der Waals surface area contributed by atoms with Gasteiger partial charge in [-0.15, -0.1) is 0 Å². The number of isocyanates is 1. The molecule has 0 saturated carbocycles. The van der Waals surface area contributed by atoms with Crippen LogP contribution in [0.5, 0.6) is 5.75 Å². The fourth-order valence-corrected chi connectivity index (χ4v) is 8.25. The highest BCUT2D eigenvalue weighted by molar-refractivity contribution is 7.91. The fraction of sp³-hybridized carbons (Fsp3) is 0.513. The van der Waals surface area contributed by atoms with Crippen LogP contribution >= 0.6 is 0 Å². The van der Waals surface area contributed by atoms with Gasteiger partial charge in [-0.25, -0.2) is 18.2 Å². The summed E-state index contributed by atoms with van der Waals surface area (Å²) in [5.41, 5.74) is 3.04. The summed E-state index contributed by atoms with van der Waals surface area (Å²) >= 11 is 0. The standard InChI is InChI=1S/C39H51N3O8S/c1-5-48-29(3)25-47-26-30-9-11-31(12-10-30)35-22-33(23-40-27-43)41-24-38(35)50-39(51(44,45)34-14-7-28(2)8-15-34)32-13-16-37-36(21-32)42(18-20-49-37)17-6-19-46-4/h7-16,21,29,33,35,38-39,41H,5-6,17-20,22-26H2,1-4H3/t29-,33-,35-,38+,39?/m1/s1. The van der Waals surface area contributed by atoms with Gasteiger partial charge in [0, 0.05) is 45.4 Å². The molecule has 1 fully saturated rings. The maximum Gasteiger partial charge on any atom is 0.234 e. The van der Waals surface area contributed by atoms with E-state index in [4.69, 9.17) is 23.7 Å². The molecule has 2 aliphatic rings. The van der Waals surface area contributed by atoms with Crippen LogP contribution < -0.4 is 15.0 Å². The van der Waals surface area contributed by atoms with Gasteiger partial charge >= 0.3 is 0 Å². The molecule has 5 atom stereocenters. The van der Waals surface area contributed by atoms with Crippen LogP contribution in [-0.2, 0) is 40.2 Å². The number of benzene rings is 3. The summed E-state index contributed by atoms with van der Waals surface area (Å²) in [4.78, 5) is 17.2. The molecule has 5 rings (SSSR count). The SMILES string of the molecule is CCO[C@H](C)COCc1ccc([C@H]2C[C@H](CN=C=O)NC[C@@H]2OC(c2ccc3c(c2)N(CCCOC)CCO3)S(=O)(=O)c2ccc(C)cc2)cc1. The minimum absolute atomic E-state index is 0.0124. The molecule has 1 N–H and O–H groups in total. The van der Waals surface area contributed by atoms with Crippen molar-refractivity contribution in [3.05, 3.63) is 89.0 Å². The van der Waals surface area contributed by atoms with Gasteiger partial charge in [-0.3, -0.25) is 0 Å². The molecular weight excluding hydrogens is 671 g/mol. The van der Waals surface area contributed by atoms with E-state index in [1.165, 1.54) is 0 Å². The largest absolute Gasteiger partial charge is 0.490 e. The van der Waals surface area contributed by atoms with Crippen LogP contribution in [0.3, 0.4) is 0 Å². The van der Waals surface area contributed by atoms with Crippen molar-refractivity contribution in [2.75, 3.05) is 64.6 Å². The van der Waals surface area contributed by atoms with Gasteiger partial charge in [-0.1, -0.05) is 48.0 Å². The van der Waals surface area contributed by atoms with E-state index in [0.29, 0.717) is 63.9 Å². The number of fused-ring (bicyclic) bond motifs is 1. The Bertz CT molecular complexity index is 1700. The van der Waals surface area contributed by atoms with Crippen LogP contribution in [0, 0.1) is 6.92 Å². The number of hydrogen-bond donors (Lipinski definition) is 1. The molecular formula is C39H51N3O8S. The molecule has 276 valence electrons. The summed E-state index contributed by atoms with van der Waals surface area (Å²) in [7, 11) is -2.34. The lowest BCUT2D eigenvalue weighted by molar-refractivity contribution is -0.00737. The van der Waals surface area contributed by atoms with Gasteiger partial charge in [0.1, 0.15) is 12.4 Å². The van der Waals surface area contributed by atoms with Crippen molar-refractivity contribution in [2.24, 2.45) is 4.99 Å². The first-order chi connectivity index (χ1) is 24.7. The van der Waals surface area contributed by atoms with Crippen LogP contribution in [0.15, 0.2) is 76.6 Å². The van der Waals surface area contributed by atoms with Crippen molar-refractivity contribution >= 4 is 21.6 Å². The highest BCUT2D eigenvalue weighted by atomic mass is 32.2. The van der Waals surface area contributed by atoms with Crippen molar-refractivity contribution < 1.29 is 36.9 Å². The normalized spacial score (nSPS) is 20.2. The number of hydrogen-bond acceptors (Lipinski definition) is 11. The number of sulfone groups is 1. The van der Waals surface area contributed by atoms with E-state index < -0.39 is 21.4 Å². The predicted molar refractivity (Wildman–Crippen MR) is 196 cm³/mol. The summed E-state index contributed by atoms with van der Waals surface area (Å²) in [5.74, 6) is 0.523. The Kier molecular flexibility index (Phi) is 14.2. The highest BCUT2D eigenvalue weighted by Crippen LogP contribution is 2.41. The summed E-state index contributed by atoms with van der Waals surface area (Å²) in [6, 6.07) is 20.5. The van der Waals surface area contributed by atoms with Gasteiger partial charge in [-0.2, -0.15) is 0 Å². The van der Waals surface area contributed by atoms with Crippen molar-refractivity contribution in [3.63, 3.8) is 0 Å². The maximum atomic E-state index is 14.6. The Morgan fingerprint density at radius 1 is 1.10 bits per heavy atom. The number of aryl methyl sites for hydroxylation is 1. The average Bonchev–Trinajstić information content (AvgIpc) is 3.14. The van der Waals surface area contributed by atoms with Gasteiger partial charge in [0.2, 0.25) is 15.9 Å². The van der Waals surface area contributed by atoms with Gasteiger partial charge in [0.15, 0.2) is 5.44 Å². The van der Waals surface area contributed by atoms with Crippen molar-refractivity contribution in [2.45, 2.75) is 74.7 Å². The molecule has 0 bridgehead atoms. The number of methoxy groups -OCH3 is 1. The van der Waals surface area contributed by atoms with Crippen LogP contribution in [0.25, 0.3) is 0 Å². The summed E-state index contributed by atoms with van der Waals surface area (Å²) in [6.07, 6.45) is 2.54. The number of carbonyl (C=O) groups excluding carboxylic acids is 1. The number of ether oxygens (including phenoxy) is 5. The van der Waals surface area contributed by atoms with Crippen LogP contribution in [-0.4, -0.2) is 92.5 Å². The summed E-state index contributed by atoms with van der Waals surface area (Å²) < 4.78 is 58.7. The molecule has 0 amide bonds. The van der Waals surface area contributed by atoms with Gasteiger partial charge in [-0.05, 0) is 74.6 Å². The molecule has 3 aromatic rings. The third-order valence-electron chi connectivity index (χ3n) is 9.37. The zero-order chi connectivity index (χ0) is 36.2. The van der Waals surface area contributed by atoms with Crippen molar-refractivity contribution in [1.82, 2.24) is 5.32 Å². The number of rotatable bonds is 18.